The van der Waals surface area contributed by atoms with Crippen molar-refractivity contribution in [2.45, 2.75) is 4.33 Å². The van der Waals surface area contributed by atoms with Crippen LogP contribution in [-0.2, 0) is 0 Å². The Morgan fingerprint density at radius 1 is 0.419 bits per heavy atom. The highest BCUT2D eigenvalue weighted by atomic mass is 35.5. The van der Waals surface area contributed by atoms with E-state index in [0.717, 1.165) is 12.3 Å². The summed E-state index contributed by atoms with van der Waals surface area (Å²) >= 11 is 14.2. The summed E-state index contributed by atoms with van der Waals surface area (Å²) in [6.45, 7) is 0. The Balaban J connectivity index is 1.65. The van der Waals surface area contributed by atoms with Crippen LogP contribution in [0.1, 0.15) is 0 Å². The Morgan fingerprint density at radius 3 is 0.871 bits per heavy atom. The Hall–Kier alpha value is -1.68. The molecular formula is C27H24Cl2P2. The summed E-state index contributed by atoms with van der Waals surface area (Å²) < 4.78 is -0.839. The lowest BCUT2D eigenvalue weighted by atomic mass is 10.4. The fourth-order valence-electron chi connectivity index (χ4n) is 3.61. The van der Waals surface area contributed by atoms with Gasteiger partial charge in [-0.15, -0.1) is 23.2 Å². The molecule has 0 saturated heterocycles. The van der Waals surface area contributed by atoms with Crippen LogP contribution in [0.25, 0.3) is 0 Å². The van der Waals surface area contributed by atoms with Crippen molar-refractivity contribution in [2.24, 2.45) is 0 Å². The van der Waals surface area contributed by atoms with E-state index >= 15 is 0 Å². The first-order chi connectivity index (χ1) is 15.1. The van der Waals surface area contributed by atoms with Gasteiger partial charge < -0.3 is 0 Å². The molecule has 0 spiro atoms. The molecule has 0 aliphatic rings. The third kappa shape index (κ3) is 6.19. The molecule has 0 aliphatic carbocycles. The predicted octanol–water partition coefficient (Wildman–Crippen LogP) is 6.43. The highest BCUT2D eigenvalue weighted by Crippen LogP contribution is 2.47. The van der Waals surface area contributed by atoms with Crippen molar-refractivity contribution < 1.29 is 0 Å². The third-order valence-corrected chi connectivity index (χ3v) is 11.7. The van der Waals surface area contributed by atoms with E-state index in [9.17, 15) is 0 Å². The molecule has 4 aromatic carbocycles. The molecule has 31 heavy (non-hydrogen) atoms. The standard InChI is InChI=1S/C27H24Cl2P2/c28-27(29,21-30(23-13-5-1-6-14-23)24-15-7-2-8-16-24)22-31(25-17-9-3-10-18-25)26-19-11-4-12-20-26/h1-20H,21-22H2. The van der Waals surface area contributed by atoms with E-state index in [0.29, 0.717) is 0 Å². The van der Waals surface area contributed by atoms with Gasteiger partial charge in [-0.25, -0.2) is 0 Å². The molecule has 0 saturated carbocycles. The van der Waals surface area contributed by atoms with Crippen LogP contribution < -0.4 is 21.2 Å². The van der Waals surface area contributed by atoms with Crippen molar-refractivity contribution in [2.75, 3.05) is 12.3 Å². The maximum Gasteiger partial charge on any atom is 0.127 e. The van der Waals surface area contributed by atoms with Crippen LogP contribution in [0.5, 0.6) is 0 Å². The number of halogens is 2. The summed E-state index contributed by atoms with van der Waals surface area (Å²) in [5.74, 6) is 0. The molecule has 4 aromatic rings. The molecule has 0 N–H and O–H groups in total. The van der Waals surface area contributed by atoms with Gasteiger partial charge in [-0.05, 0) is 37.1 Å². The number of hydrogen-bond acceptors (Lipinski definition) is 0. The second-order valence-corrected chi connectivity index (χ2v) is 13.4. The van der Waals surface area contributed by atoms with Gasteiger partial charge in [0.2, 0.25) is 0 Å². The number of hydrogen-bond donors (Lipinski definition) is 0. The van der Waals surface area contributed by atoms with Crippen LogP contribution in [0.4, 0.5) is 0 Å². The Kier molecular flexibility index (Phi) is 7.81. The summed E-state index contributed by atoms with van der Waals surface area (Å²) in [5.41, 5.74) is 0. The Morgan fingerprint density at radius 2 is 0.645 bits per heavy atom. The predicted molar refractivity (Wildman–Crippen MR) is 142 cm³/mol. The molecule has 4 heteroatoms. The van der Waals surface area contributed by atoms with E-state index in [1.54, 1.807) is 0 Å². The lowest BCUT2D eigenvalue weighted by molar-refractivity contribution is 1.02. The molecule has 0 aliphatic heterocycles. The minimum Gasteiger partial charge on any atom is -0.101 e. The van der Waals surface area contributed by atoms with Gasteiger partial charge in [0, 0.05) is 12.3 Å². The first-order valence-corrected chi connectivity index (χ1v) is 14.1. The summed E-state index contributed by atoms with van der Waals surface area (Å²) in [5, 5.41) is 5.22. The van der Waals surface area contributed by atoms with E-state index in [-0.39, 0.29) is 0 Å². The monoisotopic (exact) mass is 480 g/mol. The maximum absolute atomic E-state index is 7.12. The molecule has 0 aromatic heterocycles. The Bertz CT molecular complexity index is 889. The van der Waals surface area contributed by atoms with Crippen LogP contribution >= 0.6 is 39.0 Å². The average molecular weight is 481 g/mol. The SMILES string of the molecule is ClC(Cl)(CP(c1ccccc1)c1ccccc1)CP(c1ccccc1)c1ccccc1. The zero-order chi connectivity index (χ0) is 21.5. The normalized spacial score (nSPS) is 11.7. The fraction of sp³-hybridized carbons (Fsp3) is 0.111. The fourth-order valence-corrected chi connectivity index (χ4v) is 9.82. The molecule has 0 heterocycles. The van der Waals surface area contributed by atoms with Crippen LogP contribution in [0, 0.1) is 0 Å². The zero-order valence-electron chi connectivity index (χ0n) is 17.1. The molecule has 0 fully saturated rings. The van der Waals surface area contributed by atoms with Crippen LogP contribution in [0.15, 0.2) is 121 Å². The van der Waals surface area contributed by atoms with Gasteiger partial charge in [0.1, 0.15) is 4.33 Å². The molecule has 4 rings (SSSR count). The van der Waals surface area contributed by atoms with Crippen LogP contribution in [-0.4, -0.2) is 16.7 Å². The zero-order valence-corrected chi connectivity index (χ0v) is 20.4. The van der Waals surface area contributed by atoms with Crippen molar-refractivity contribution in [1.82, 2.24) is 0 Å². The molecular weight excluding hydrogens is 457 g/mol. The van der Waals surface area contributed by atoms with Crippen LogP contribution in [0.3, 0.4) is 0 Å². The smallest absolute Gasteiger partial charge is 0.101 e. The van der Waals surface area contributed by atoms with Gasteiger partial charge in [0.05, 0.1) is 0 Å². The van der Waals surface area contributed by atoms with E-state index in [4.69, 9.17) is 23.2 Å². The molecule has 0 radical (unpaired) electrons. The molecule has 156 valence electrons. The third-order valence-electron chi connectivity index (χ3n) is 5.05. The molecule has 0 atom stereocenters. The first-order valence-electron chi connectivity index (χ1n) is 10.3. The average Bonchev–Trinajstić information content (AvgIpc) is 2.83. The summed E-state index contributed by atoms with van der Waals surface area (Å²) in [6, 6.07) is 42.5. The molecule has 0 nitrogen and oxygen atoms in total. The number of benzene rings is 4. The lowest BCUT2D eigenvalue weighted by Gasteiger charge is -2.31. The summed E-state index contributed by atoms with van der Waals surface area (Å²) in [6.07, 6.45) is 1.44. The molecule has 0 unspecified atom stereocenters. The van der Waals surface area contributed by atoms with Gasteiger partial charge in [-0.2, -0.15) is 0 Å². The number of rotatable bonds is 8. The van der Waals surface area contributed by atoms with Crippen molar-refractivity contribution in [1.29, 1.82) is 0 Å². The van der Waals surface area contributed by atoms with E-state index in [1.807, 2.05) is 0 Å². The molecule has 0 bridgehead atoms. The molecule has 0 amide bonds. The van der Waals surface area contributed by atoms with Crippen molar-refractivity contribution in [3.05, 3.63) is 121 Å². The minimum absolute atomic E-state index is 0.661. The van der Waals surface area contributed by atoms with E-state index in [2.05, 4.69) is 121 Å². The van der Waals surface area contributed by atoms with Gasteiger partial charge >= 0.3 is 0 Å². The topological polar surface area (TPSA) is 0 Å². The van der Waals surface area contributed by atoms with Gasteiger partial charge in [-0.3, -0.25) is 0 Å². The second kappa shape index (κ2) is 10.8. The van der Waals surface area contributed by atoms with E-state index < -0.39 is 20.2 Å². The van der Waals surface area contributed by atoms with Crippen LogP contribution in [0.2, 0.25) is 0 Å². The summed E-state index contributed by atoms with van der Waals surface area (Å²) in [4.78, 5) is 0. The van der Waals surface area contributed by atoms with Crippen molar-refractivity contribution in [3.8, 4) is 0 Å². The minimum atomic E-state index is -0.839. The van der Waals surface area contributed by atoms with E-state index in [1.165, 1.54) is 21.2 Å². The highest BCUT2D eigenvalue weighted by Gasteiger charge is 2.33. The maximum atomic E-state index is 7.12. The van der Waals surface area contributed by atoms with Gasteiger partial charge in [0.15, 0.2) is 0 Å². The number of alkyl halides is 2. The lowest BCUT2D eigenvalue weighted by Crippen LogP contribution is -2.31. The summed E-state index contributed by atoms with van der Waals surface area (Å²) in [7, 11) is -1.32. The first kappa shape index (κ1) is 22.5. The highest BCUT2D eigenvalue weighted by molar-refractivity contribution is 7.74. The van der Waals surface area contributed by atoms with Crippen molar-refractivity contribution >= 4 is 60.3 Å². The quantitative estimate of drug-likeness (QED) is 0.201. The Labute approximate surface area is 197 Å². The second-order valence-electron chi connectivity index (χ2n) is 7.37. The van der Waals surface area contributed by atoms with Gasteiger partial charge in [-0.1, -0.05) is 121 Å². The van der Waals surface area contributed by atoms with Gasteiger partial charge in [0.25, 0.3) is 0 Å². The largest absolute Gasteiger partial charge is 0.127 e. The van der Waals surface area contributed by atoms with Crippen molar-refractivity contribution in [3.63, 3.8) is 0 Å².